The summed E-state index contributed by atoms with van der Waals surface area (Å²) in [7, 11) is 2.12. The molecule has 0 amide bonds. The third-order valence-corrected chi connectivity index (χ3v) is 5.10. The molecule has 0 bridgehead atoms. The van der Waals surface area contributed by atoms with Crippen LogP contribution < -0.4 is 5.32 Å². The van der Waals surface area contributed by atoms with Gasteiger partial charge in [0.2, 0.25) is 0 Å². The molecule has 0 saturated carbocycles. The maximum absolute atomic E-state index is 5.73. The summed E-state index contributed by atoms with van der Waals surface area (Å²) in [6.45, 7) is 0.982. The summed E-state index contributed by atoms with van der Waals surface area (Å²) in [5.74, 6) is 0.709. The van der Waals surface area contributed by atoms with Gasteiger partial charge in [-0.1, -0.05) is 24.3 Å². The normalized spacial score (nSPS) is 26.6. The number of nitrogens with one attached hydrogen (secondary N) is 1. The molecule has 1 aliphatic heterocycles. The Morgan fingerprint density at radius 3 is 3.00 bits per heavy atom. The average molecular weight is 273 g/mol. The highest BCUT2D eigenvalue weighted by atomic mass is 16.5. The van der Waals surface area contributed by atoms with Crippen molar-refractivity contribution in [2.75, 3.05) is 13.7 Å². The molecule has 2 heteroatoms. The zero-order valence-corrected chi connectivity index (χ0v) is 12.6. The number of rotatable bonds is 6. The number of fused-ring (bicyclic) bond motifs is 1. The van der Waals surface area contributed by atoms with Gasteiger partial charge < -0.3 is 10.1 Å². The molecule has 1 fully saturated rings. The molecule has 110 valence electrons. The first kappa shape index (κ1) is 14.1. The van der Waals surface area contributed by atoms with Crippen LogP contribution in [0.3, 0.4) is 0 Å². The smallest absolute Gasteiger partial charge is 0.0576 e. The lowest BCUT2D eigenvalue weighted by Gasteiger charge is -2.24. The van der Waals surface area contributed by atoms with E-state index < -0.39 is 0 Å². The lowest BCUT2D eigenvalue weighted by atomic mass is 9.89. The Hall–Kier alpha value is -0.860. The standard InChI is InChI=1S/C18H27NO/c1-19-18(10-4-7-15-8-5-13-20-15)17-12-11-14-6-2-3-9-16(14)17/h2-3,6,9,15,17-19H,4-5,7-8,10-13H2,1H3. The van der Waals surface area contributed by atoms with E-state index in [1.807, 2.05) is 0 Å². The second kappa shape index (κ2) is 6.73. The summed E-state index contributed by atoms with van der Waals surface area (Å²) >= 11 is 0. The van der Waals surface area contributed by atoms with Gasteiger partial charge in [0.15, 0.2) is 0 Å². The van der Waals surface area contributed by atoms with Crippen LogP contribution in [0.15, 0.2) is 24.3 Å². The van der Waals surface area contributed by atoms with Crippen LogP contribution in [0.5, 0.6) is 0 Å². The second-order valence-electron chi connectivity index (χ2n) is 6.31. The Labute approximate surface area is 122 Å². The summed E-state index contributed by atoms with van der Waals surface area (Å²) < 4.78 is 5.73. The second-order valence-corrected chi connectivity index (χ2v) is 6.31. The SMILES string of the molecule is CNC(CCCC1CCCO1)C1CCc2ccccc21. The zero-order chi connectivity index (χ0) is 13.8. The van der Waals surface area contributed by atoms with Gasteiger partial charge in [0, 0.05) is 12.6 Å². The first-order chi connectivity index (χ1) is 9.88. The van der Waals surface area contributed by atoms with Gasteiger partial charge in [-0.25, -0.2) is 0 Å². The Bertz CT molecular complexity index is 425. The molecule has 0 radical (unpaired) electrons. The Kier molecular flexibility index (Phi) is 4.74. The van der Waals surface area contributed by atoms with Crippen molar-refractivity contribution in [3.63, 3.8) is 0 Å². The third kappa shape index (κ3) is 3.07. The van der Waals surface area contributed by atoms with E-state index in [1.165, 1.54) is 44.9 Å². The molecule has 3 atom stereocenters. The van der Waals surface area contributed by atoms with Gasteiger partial charge in [0.1, 0.15) is 0 Å². The van der Waals surface area contributed by atoms with Crippen molar-refractivity contribution in [2.45, 2.75) is 63.0 Å². The van der Waals surface area contributed by atoms with E-state index in [0.717, 1.165) is 6.61 Å². The van der Waals surface area contributed by atoms with Crippen LogP contribution in [0.1, 0.15) is 55.6 Å². The fraction of sp³-hybridized carbons (Fsp3) is 0.667. The Morgan fingerprint density at radius 2 is 2.20 bits per heavy atom. The highest BCUT2D eigenvalue weighted by Gasteiger charge is 2.28. The molecule has 3 unspecified atom stereocenters. The molecule has 1 aromatic carbocycles. The first-order valence-electron chi connectivity index (χ1n) is 8.25. The number of likely N-dealkylation sites (N-methyl/N-ethyl adjacent to an activating group) is 1. The van der Waals surface area contributed by atoms with Crippen LogP contribution in [0.4, 0.5) is 0 Å². The average Bonchev–Trinajstić information content (AvgIpc) is 3.13. The maximum Gasteiger partial charge on any atom is 0.0576 e. The quantitative estimate of drug-likeness (QED) is 0.854. The van der Waals surface area contributed by atoms with Crippen LogP contribution in [0.25, 0.3) is 0 Å². The van der Waals surface area contributed by atoms with Gasteiger partial charge in [0.05, 0.1) is 6.10 Å². The first-order valence-corrected chi connectivity index (χ1v) is 8.25. The maximum atomic E-state index is 5.73. The summed E-state index contributed by atoms with van der Waals surface area (Å²) in [6, 6.07) is 9.62. The molecule has 1 saturated heterocycles. The Morgan fingerprint density at radius 1 is 1.30 bits per heavy atom. The van der Waals surface area contributed by atoms with Crippen LogP contribution in [0, 0.1) is 0 Å². The van der Waals surface area contributed by atoms with Crippen molar-refractivity contribution >= 4 is 0 Å². The minimum absolute atomic E-state index is 0.545. The molecule has 2 aliphatic rings. The number of hydrogen-bond acceptors (Lipinski definition) is 2. The van der Waals surface area contributed by atoms with E-state index in [1.54, 1.807) is 11.1 Å². The van der Waals surface area contributed by atoms with E-state index in [0.29, 0.717) is 18.1 Å². The largest absolute Gasteiger partial charge is 0.378 e. The van der Waals surface area contributed by atoms with Crippen molar-refractivity contribution in [1.82, 2.24) is 5.32 Å². The fourth-order valence-corrected chi connectivity index (χ4v) is 3.99. The zero-order valence-electron chi connectivity index (χ0n) is 12.6. The highest BCUT2D eigenvalue weighted by Crippen LogP contribution is 2.36. The van der Waals surface area contributed by atoms with Gasteiger partial charge in [-0.15, -0.1) is 0 Å². The summed E-state index contributed by atoms with van der Waals surface area (Å²) in [5, 5.41) is 3.57. The monoisotopic (exact) mass is 273 g/mol. The summed E-state index contributed by atoms with van der Waals surface area (Å²) in [6.07, 6.45) is 9.45. The van der Waals surface area contributed by atoms with Gasteiger partial charge in [-0.05, 0) is 69.0 Å². The number of hydrogen-bond donors (Lipinski definition) is 1. The molecule has 1 heterocycles. The predicted molar refractivity (Wildman–Crippen MR) is 83.2 cm³/mol. The van der Waals surface area contributed by atoms with Crippen LogP contribution in [-0.4, -0.2) is 25.8 Å². The third-order valence-electron chi connectivity index (χ3n) is 5.10. The number of benzene rings is 1. The molecular weight excluding hydrogens is 246 g/mol. The molecule has 20 heavy (non-hydrogen) atoms. The van der Waals surface area contributed by atoms with Gasteiger partial charge >= 0.3 is 0 Å². The van der Waals surface area contributed by atoms with E-state index in [2.05, 4.69) is 36.6 Å². The van der Waals surface area contributed by atoms with Crippen molar-refractivity contribution < 1.29 is 4.74 Å². The summed E-state index contributed by atoms with van der Waals surface area (Å²) in [4.78, 5) is 0. The van der Waals surface area contributed by atoms with Crippen LogP contribution >= 0.6 is 0 Å². The van der Waals surface area contributed by atoms with Crippen molar-refractivity contribution in [1.29, 1.82) is 0 Å². The molecular formula is C18H27NO. The van der Waals surface area contributed by atoms with Gasteiger partial charge in [0.25, 0.3) is 0 Å². The van der Waals surface area contributed by atoms with E-state index in [4.69, 9.17) is 4.74 Å². The highest BCUT2D eigenvalue weighted by molar-refractivity contribution is 5.35. The lowest BCUT2D eigenvalue weighted by molar-refractivity contribution is 0.101. The van der Waals surface area contributed by atoms with Crippen molar-refractivity contribution in [3.8, 4) is 0 Å². The fourth-order valence-electron chi connectivity index (χ4n) is 3.99. The predicted octanol–water partition coefficient (Wildman–Crippen LogP) is 3.65. The number of ether oxygens (including phenoxy) is 1. The van der Waals surface area contributed by atoms with E-state index >= 15 is 0 Å². The van der Waals surface area contributed by atoms with Crippen molar-refractivity contribution in [3.05, 3.63) is 35.4 Å². The molecule has 1 N–H and O–H groups in total. The molecule has 3 rings (SSSR count). The Balaban J connectivity index is 1.54. The summed E-state index contributed by atoms with van der Waals surface area (Å²) in [5.41, 5.74) is 3.15. The van der Waals surface area contributed by atoms with Crippen molar-refractivity contribution in [2.24, 2.45) is 0 Å². The molecule has 2 nitrogen and oxygen atoms in total. The van der Waals surface area contributed by atoms with Gasteiger partial charge in [-0.3, -0.25) is 0 Å². The van der Waals surface area contributed by atoms with E-state index in [9.17, 15) is 0 Å². The molecule has 1 aliphatic carbocycles. The molecule has 0 aromatic heterocycles. The topological polar surface area (TPSA) is 21.3 Å². The van der Waals surface area contributed by atoms with Crippen LogP contribution in [-0.2, 0) is 11.2 Å². The molecule has 1 aromatic rings. The van der Waals surface area contributed by atoms with Gasteiger partial charge in [-0.2, -0.15) is 0 Å². The van der Waals surface area contributed by atoms with E-state index in [-0.39, 0.29) is 0 Å². The molecule has 0 spiro atoms. The minimum Gasteiger partial charge on any atom is -0.378 e. The lowest BCUT2D eigenvalue weighted by Crippen LogP contribution is -2.31. The minimum atomic E-state index is 0.545. The number of aryl methyl sites for hydroxylation is 1. The van der Waals surface area contributed by atoms with Crippen LogP contribution in [0.2, 0.25) is 0 Å².